The van der Waals surface area contributed by atoms with E-state index in [2.05, 4.69) is 35.3 Å². The predicted molar refractivity (Wildman–Crippen MR) is 114 cm³/mol. The first-order valence-electron chi connectivity index (χ1n) is 10.4. The molecular formula is C24H27N3O3. The maximum atomic E-state index is 12.6. The summed E-state index contributed by atoms with van der Waals surface area (Å²) in [6.07, 6.45) is 1.37. The molecule has 1 unspecified atom stereocenters. The monoisotopic (exact) mass is 405 g/mol. The van der Waals surface area contributed by atoms with Crippen molar-refractivity contribution in [2.45, 2.75) is 46.1 Å². The molecule has 0 aliphatic carbocycles. The van der Waals surface area contributed by atoms with Crippen molar-refractivity contribution < 1.29 is 14.1 Å². The number of aryl methyl sites for hydroxylation is 2. The van der Waals surface area contributed by atoms with Crippen LogP contribution in [-0.4, -0.2) is 34.1 Å². The first-order valence-corrected chi connectivity index (χ1v) is 10.4. The maximum absolute atomic E-state index is 12.6. The van der Waals surface area contributed by atoms with Gasteiger partial charge in [-0.1, -0.05) is 41.9 Å². The van der Waals surface area contributed by atoms with Crippen LogP contribution in [0.1, 0.15) is 48.3 Å². The van der Waals surface area contributed by atoms with Crippen LogP contribution in [0.5, 0.6) is 5.75 Å². The highest BCUT2D eigenvalue weighted by Gasteiger charge is 2.34. The fourth-order valence-corrected chi connectivity index (χ4v) is 3.71. The SMILES string of the molecule is CCCOc1ccc(CN2CC(c3nc(-c4cc(C)ccc4C)no3)CC2=O)cc1. The lowest BCUT2D eigenvalue weighted by atomic mass is 10.1. The molecule has 30 heavy (non-hydrogen) atoms. The third kappa shape index (κ3) is 4.37. The normalized spacial score (nSPS) is 16.3. The summed E-state index contributed by atoms with van der Waals surface area (Å²) in [5, 5.41) is 4.17. The average molecular weight is 405 g/mol. The number of nitrogens with zero attached hydrogens (tertiary/aromatic N) is 3. The summed E-state index contributed by atoms with van der Waals surface area (Å²) in [7, 11) is 0. The Morgan fingerprint density at radius 1 is 1.17 bits per heavy atom. The molecule has 2 heterocycles. The Morgan fingerprint density at radius 3 is 2.73 bits per heavy atom. The second kappa shape index (κ2) is 8.69. The summed E-state index contributed by atoms with van der Waals surface area (Å²) >= 11 is 0. The molecule has 6 heteroatoms. The number of rotatable bonds is 7. The summed E-state index contributed by atoms with van der Waals surface area (Å²) in [6, 6.07) is 14.1. The summed E-state index contributed by atoms with van der Waals surface area (Å²) in [5.74, 6) is 2.01. The molecule has 1 saturated heterocycles. The number of carbonyl (C=O) groups excluding carboxylic acids is 1. The Bertz CT molecular complexity index is 1030. The van der Waals surface area contributed by atoms with Crippen molar-refractivity contribution >= 4 is 5.91 Å². The van der Waals surface area contributed by atoms with Gasteiger partial charge in [0.2, 0.25) is 17.6 Å². The van der Waals surface area contributed by atoms with Gasteiger partial charge in [0.1, 0.15) is 5.75 Å². The van der Waals surface area contributed by atoms with E-state index in [1.807, 2.05) is 43.0 Å². The molecule has 1 amide bonds. The van der Waals surface area contributed by atoms with E-state index in [9.17, 15) is 4.79 Å². The molecule has 1 aliphatic rings. The Morgan fingerprint density at radius 2 is 1.97 bits per heavy atom. The van der Waals surface area contributed by atoms with Crippen molar-refractivity contribution in [1.82, 2.24) is 15.0 Å². The molecule has 1 aromatic heterocycles. The van der Waals surface area contributed by atoms with Gasteiger partial charge >= 0.3 is 0 Å². The molecule has 156 valence electrons. The molecule has 1 fully saturated rings. The van der Waals surface area contributed by atoms with Crippen LogP contribution in [0.2, 0.25) is 0 Å². The van der Waals surface area contributed by atoms with E-state index < -0.39 is 0 Å². The molecule has 0 saturated carbocycles. The zero-order valence-electron chi connectivity index (χ0n) is 17.7. The Labute approximate surface area is 176 Å². The second-order valence-electron chi connectivity index (χ2n) is 7.94. The average Bonchev–Trinajstić information content (AvgIpc) is 3.36. The topological polar surface area (TPSA) is 68.5 Å². The summed E-state index contributed by atoms with van der Waals surface area (Å²) < 4.78 is 11.2. The molecule has 4 rings (SSSR count). The van der Waals surface area contributed by atoms with E-state index in [0.717, 1.165) is 34.4 Å². The van der Waals surface area contributed by atoms with E-state index in [1.54, 1.807) is 0 Å². The maximum Gasteiger partial charge on any atom is 0.232 e. The molecule has 3 aromatic rings. The van der Waals surface area contributed by atoms with Gasteiger partial charge in [0.05, 0.1) is 12.5 Å². The van der Waals surface area contributed by atoms with E-state index in [4.69, 9.17) is 9.26 Å². The second-order valence-corrected chi connectivity index (χ2v) is 7.94. The molecule has 0 N–H and O–H groups in total. The van der Waals surface area contributed by atoms with Gasteiger partial charge < -0.3 is 14.2 Å². The summed E-state index contributed by atoms with van der Waals surface area (Å²) in [5.41, 5.74) is 4.30. The first kappa shape index (κ1) is 20.1. The van der Waals surface area contributed by atoms with Crippen molar-refractivity contribution in [3.05, 3.63) is 65.0 Å². The molecule has 1 atom stereocenters. The van der Waals surface area contributed by atoms with Crippen molar-refractivity contribution in [1.29, 1.82) is 0 Å². The highest BCUT2D eigenvalue weighted by Crippen LogP contribution is 2.30. The minimum absolute atomic E-state index is 0.0731. The molecule has 6 nitrogen and oxygen atoms in total. The van der Waals surface area contributed by atoms with Gasteiger partial charge in [0.25, 0.3) is 0 Å². The van der Waals surface area contributed by atoms with Crippen LogP contribution in [0.3, 0.4) is 0 Å². The van der Waals surface area contributed by atoms with Crippen molar-refractivity contribution in [3.63, 3.8) is 0 Å². The van der Waals surface area contributed by atoms with E-state index >= 15 is 0 Å². The fraction of sp³-hybridized carbons (Fsp3) is 0.375. The Balaban J connectivity index is 1.42. The first-order chi connectivity index (χ1) is 14.5. The number of likely N-dealkylation sites (tertiary alicyclic amines) is 1. The van der Waals surface area contributed by atoms with Gasteiger partial charge in [0, 0.05) is 25.1 Å². The van der Waals surface area contributed by atoms with Crippen molar-refractivity contribution in [2.24, 2.45) is 0 Å². The van der Waals surface area contributed by atoms with Crippen LogP contribution in [0.15, 0.2) is 47.0 Å². The largest absolute Gasteiger partial charge is 0.494 e. The number of benzene rings is 2. The van der Waals surface area contributed by atoms with E-state index in [1.165, 1.54) is 0 Å². The van der Waals surface area contributed by atoms with Gasteiger partial charge in [-0.15, -0.1) is 0 Å². The van der Waals surface area contributed by atoms with Gasteiger partial charge in [-0.05, 0) is 49.6 Å². The number of ether oxygens (including phenoxy) is 1. The minimum Gasteiger partial charge on any atom is -0.494 e. The van der Waals surface area contributed by atoms with Crippen LogP contribution in [0, 0.1) is 13.8 Å². The van der Waals surface area contributed by atoms with Crippen molar-refractivity contribution in [3.8, 4) is 17.1 Å². The van der Waals surface area contributed by atoms with Gasteiger partial charge in [-0.2, -0.15) is 4.98 Å². The highest BCUT2D eigenvalue weighted by atomic mass is 16.5. The van der Waals surface area contributed by atoms with Gasteiger partial charge in [-0.25, -0.2) is 0 Å². The fourth-order valence-electron chi connectivity index (χ4n) is 3.71. The molecule has 0 bridgehead atoms. The molecule has 0 radical (unpaired) electrons. The zero-order chi connectivity index (χ0) is 21.1. The third-order valence-electron chi connectivity index (χ3n) is 5.41. The Kier molecular flexibility index (Phi) is 5.84. The lowest BCUT2D eigenvalue weighted by molar-refractivity contribution is -0.128. The van der Waals surface area contributed by atoms with E-state index in [0.29, 0.717) is 37.8 Å². The molecule has 2 aromatic carbocycles. The van der Waals surface area contributed by atoms with Crippen LogP contribution >= 0.6 is 0 Å². The number of aromatic nitrogens is 2. The third-order valence-corrected chi connectivity index (χ3v) is 5.41. The summed E-state index contributed by atoms with van der Waals surface area (Å²) in [6.45, 7) is 8.02. The zero-order valence-corrected chi connectivity index (χ0v) is 17.7. The molecular weight excluding hydrogens is 378 g/mol. The number of amides is 1. The molecule has 1 aliphatic heterocycles. The van der Waals surface area contributed by atoms with Crippen LogP contribution in [0.4, 0.5) is 0 Å². The van der Waals surface area contributed by atoms with Crippen LogP contribution in [0.25, 0.3) is 11.4 Å². The number of hydrogen-bond acceptors (Lipinski definition) is 5. The standard InChI is InChI=1S/C24H27N3O3/c1-4-11-29-20-9-7-18(8-10-20)14-27-15-19(13-22(27)28)24-25-23(26-30-24)21-12-16(2)5-6-17(21)3/h5-10,12,19H,4,11,13-15H2,1-3H3. The van der Waals surface area contributed by atoms with Crippen LogP contribution in [-0.2, 0) is 11.3 Å². The van der Waals surface area contributed by atoms with E-state index in [-0.39, 0.29) is 11.8 Å². The van der Waals surface area contributed by atoms with Gasteiger partial charge in [0.15, 0.2) is 0 Å². The molecule has 0 spiro atoms. The van der Waals surface area contributed by atoms with Crippen molar-refractivity contribution in [2.75, 3.05) is 13.2 Å². The minimum atomic E-state index is -0.0731. The highest BCUT2D eigenvalue weighted by molar-refractivity contribution is 5.79. The quantitative estimate of drug-likeness (QED) is 0.572. The van der Waals surface area contributed by atoms with Crippen LogP contribution < -0.4 is 4.74 Å². The lowest BCUT2D eigenvalue weighted by Crippen LogP contribution is -2.24. The smallest absolute Gasteiger partial charge is 0.232 e. The van der Waals surface area contributed by atoms with Gasteiger partial charge in [-0.3, -0.25) is 4.79 Å². The lowest BCUT2D eigenvalue weighted by Gasteiger charge is -2.16. The summed E-state index contributed by atoms with van der Waals surface area (Å²) in [4.78, 5) is 19.0. The predicted octanol–water partition coefficient (Wildman–Crippen LogP) is 4.66. The number of carbonyl (C=O) groups is 1. The Hall–Kier alpha value is -3.15. The number of hydrogen-bond donors (Lipinski definition) is 0.